The summed E-state index contributed by atoms with van der Waals surface area (Å²) in [5.74, 6) is 1.96. The Morgan fingerprint density at radius 2 is 1.81 bits per heavy atom. The predicted octanol–water partition coefficient (Wildman–Crippen LogP) is 3.39. The summed E-state index contributed by atoms with van der Waals surface area (Å²) in [6.45, 7) is 1.24. The molecule has 0 bridgehead atoms. The molecule has 6 heteroatoms. The van der Waals surface area contributed by atoms with E-state index in [2.05, 4.69) is 4.98 Å². The van der Waals surface area contributed by atoms with Crippen molar-refractivity contribution in [2.75, 3.05) is 27.9 Å². The molecule has 1 aromatic heterocycles. The third-order valence-corrected chi connectivity index (χ3v) is 5.10. The molecule has 2 heterocycles. The number of hydrogen-bond acceptors (Lipinski definition) is 4. The number of ether oxygens (including phenoxy) is 3. The van der Waals surface area contributed by atoms with Crippen molar-refractivity contribution in [3.8, 4) is 17.2 Å². The van der Waals surface area contributed by atoms with Crippen LogP contribution in [0.4, 0.5) is 0 Å². The molecule has 27 heavy (non-hydrogen) atoms. The molecule has 1 aliphatic rings. The molecule has 1 N–H and O–H groups in total. The van der Waals surface area contributed by atoms with Crippen LogP contribution in [0.25, 0.3) is 10.9 Å². The standard InChI is InChI=1S/C21H22N2O4/c1-25-14-5-6-17-15(11-14)16-12-23(9-8-18(16)22-17)21(24)13-4-7-19(26-2)20(10-13)27-3/h4-7,10-11,22H,8-9,12H2,1-3H3. The first-order valence-corrected chi connectivity index (χ1v) is 8.83. The van der Waals surface area contributed by atoms with Crippen LogP contribution in [0.5, 0.6) is 17.2 Å². The van der Waals surface area contributed by atoms with E-state index in [0.717, 1.165) is 28.6 Å². The monoisotopic (exact) mass is 366 g/mol. The summed E-state index contributed by atoms with van der Waals surface area (Å²) >= 11 is 0. The Morgan fingerprint density at radius 1 is 1.00 bits per heavy atom. The molecule has 0 radical (unpaired) electrons. The molecule has 0 aliphatic carbocycles. The minimum Gasteiger partial charge on any atom is -0.497 e. The number of carbonyl (C=O) groups is 1. The van der Waals surface area contributed by atoms with Gasteiger partial charge in [-0.1, -0.05) is 0 Å². The van der Waals surface area contributed by atoms with Gasteiger partial charge in [0.25, 0.3) is 5.91 Å². The maximum atomic E-state index is 13.1. The van der Waals surface area contributed by atoms with Crippen LogP contribution >= 0.6 is 0 Å². The number of hydrogen-bond donors (Lipinski definition) is 1. The molecule has 0 atom stereocenters. The van der Waals surface area contributed by atoms with Gasteiger partial charge in [-0.05, 0) is 36.4 Å². The van der Waals surface area contributed by atoms with Crippen molar-refractivity contribution in [3.05, 3.63) is 53.2 Å². The maximum absolute atomic E-state index is 13.1. The Kier molecular flexibility index (Phi) is 4.39. The van der Waals surface area contributed by atoms with Crippen LogP contribution in [0, 0.1) is 0 Å². The number of carbonyl (C=O) groups excluding carboxylic acids is 1. The van der Waals surface area contributed by atoms with Crippen LogP contribution in [-0.4, -0.2) is 43.7 Å². The van der Waals surface area contributed by atoms with E-state index in [1.807, 2.05) is 23.1 Å². The highest BCUT2D eigenvalue weighted by Crippen LogP contribution is 2.32. The fraction of sp³-hybridized carbons (Fsp3) is 0.286. The van der Waals surface area contributed by atoms with Crippen molar-refractivity contribution >= 4 is 16.8 Å². The quantitative estimate of drug-likeness (QED) is 0.769. The maximum Gasteiger partial charge on any atom is 0.254 e. The Bertz CT molecular complexity index is 1010. The van der Waals surface area contributed by atoms with Gasteiger partial charge in [0, 0.05) is 47.2 Å². The molecule has 0 fully saturated rings. The molecule has 0 saturated carbocycles. The van der Waals surface area contributed by atoms with E-state index >= 15 is 0 Å². The lowest BCUT2D eigenvalue weighted by Crippen LogP contribution is -2.35. The second kappa shape index (κ2) is 6.87. The van der Waals surface area contributed by atoms with Gasteiger partial charge in [0.05, 0.1) is 21.3 Å². The number of benzene rings is 2. The molecule has 4 rings (SSSR count). The normalized spacial score (nSPS) is 13.4. The highest BCUT2D eigenvalue weighted by Gasteiger charge is 2.25. The Hall–Kier alpha value is -3.15. The van der Waals surface area contributed by atoms with Gasteiger partial charge in [0.15, 0.2) is 11.5 Å². The van der Waals surface area contributed by atoms with Gasteiger partial charge in [-0.15, -0.1) is 0 Å². The van der Waals surface area contributed by atoms with Crippen molar-refractivity contribution < 1.29 is 19.0 Å². The predicted molar refractivity (Wildman–Crippen MR) is 103 cm³/mol. The molecule has 0 unspecified atom stereocenters. The molecular formula is C21H22N2O4. The number of methoxy groups -OCH3 is 3. The first kappa shape index (κ1) is 17.3. The number of aromatic nitrogens is 1. The van der Waals surface area contributed by atoms with Crippen molar-refractivity contribution in [2.24, 2.45) is 0 Å². The van der Waals surface area contributed by atoms with Crippen LogP contribution in [-0.2, 0) is 13.0 Å². The largest absolute Gasteiger partial charge is 0.497 e. The van der Waals surface area contributed by atoms with E-state index in [1.54, 1.807) is 39.5 Å². The molecule has 1 amide bonds. The summed E-state index contributed by atoms with van der Waals surface area (Å²) < 4.78 is 15.9. The molecule has 0 saturated heterocycles. The second-order valence-electron chi connectivity index (χ2n) is 6.54. The van der Waals surface area contributed by atoms with Crippen LogP contribution < -0.4 is 14.2 Å². The van der Waals surface area contributed by atoms with Crippen LogP contribution in [0.15, 0.2) is 36.4 Å². The van der Waals surface area contributed by atoms with E-state index < -0.39 is 0 Å². The number of fused-ring (bicyclic) bond motifs is 3. The van der Waals surface area contributed by atoms with E-state index in [0.29, 0.717) is 30.2 Å². The van der Waals surface area contributed by atoms with Gasteiger partial charge < -0.3 is 24.1 Å². The van der Waals surface area contributed by atoms with E-state index in [-0.39, 0.29) is 5.91 Å². The fourth-order valence-electron chi connectivity index (χ4n) is 3.65. The Morgan fingerprint density at radius 3 is 2.56 bits per heavy atom. The van der Waals surface area contributed by atoms with Crippen molar-refractivity contribution in [1.29, 1.82) is 0 Å². The van der Waals surface area contributed by atoms with Crippen LogP contribution in [0.1, 0.15) is 21.6 Å². The molecule has 0 spiro atoms. The highest BCUT2D eigenvalue weighted by atomic mass is 16.5. The smallest absolute Gasteiger partial charge is 0.254 e. The molecular weight excluding hydrogens is 344 g/mol. The highest BCUT2D eigenvalue weighted by molar-refractivity contribution is 5.96. The van der Waals surface area contributed by atoms with Gasteiger partial charge in [-0.3, -0.25) is 4.79 Å². The molecule has 1 aliphatic heterocycles. The lowest BCUT2D eigenvalue weighted by molar-refractivity contribution is 0.0734. The van der Waals surface area contributed by atoms with Gasteiger partial charge >= 0.3 is 0 Å². The SMILES string of the molecule is COc1ccc2[nH]c3c(c2c1)CN(C(=O)c1ccc(OC)c(OC)c1)CC3. The van der Waals surface area contributed by atoms with Gasteiger partial charge in [0.2, 0.25) is 0 Å². The van der Waals surface area contributed by atoms with Gasteiger partial charge in [0.1, 0.15) is 5.75 Å². The number of aromatic amines is 1. The minimum absolute atomic E-state index is 0.0150. The number of nitrogens with one attached hydrogen (secondary N) is 1. The van der Waals surface area contributed by atoms with Crippen LogP contribution in [0.2, 0.25) is 0 Å². The molecule has 2 aromatic carbocycles. The number of nitrogens with zero attached hydrogens (tertiary/aromatic N) is 1. The topological polar surface area (TPSA) is 63.8 Å². The Labute approximate surface area is 157 Å². The van der Waals surface area contributed by atoms with Gasteiger partial charge in [-0.25, -0.2) is 0 Å². The first-order valence-electron chi connectivity index (χ1n) is 8.83. The van der Waals surface area contributed by atoms with E-state index in [1.165, 1.54) is 5.69 Å². The summed E-state index contributed by atoms with van der Waals surface area (Å²) in [7, 11) is 4.81. The summed E-state index contributed by atoms with van der Waals surface area (Å²) in [5, 5.41) is 1.11. The van der Waals surface area contributed by atoms with Crippen molar-refractivity contribution in [2.45, 2.75) is 13.0 Å². The zero-order chi connectivity index (χ0) is 19.0. The lowest BCUT2D eigenvalue weighted by atomic mass is 10.0. The zero-order valence-corrected chi connectivity index (χ0v) is 15.7. The van der Waals surface area contributed by atoms with E-state index in [4.69, 9.17) is 14.2 Å². The Balaban J connectivity index is 1.65. The van der Waals surface area contributed by atoms with Crippen LogP contribution in [0.3, 0.4) is 0 Å². The second-order valence-corrected chi connectivity index (χ2v) is 6.54. The average Bonchev–Trinajstić information content (AvgIpc) is 3.09. The van der Waals surface area contributed by atoms with Crippen molar-refractivity contribution in [1.82, 2.24) is 9.88 Å². The summed E-state index contributed by atoms with van der Waals surface area (Å²) in [6.07, 6.45) is 0.797. The summed E-state index contributed by atoms with van der Waals surface area (Å²) in [4.78, 5) is 18.4. The third kappa shape index (κ3) is 2.97. The molecule has 6 nitrogen and oxygen atoms in total. The fourth-order valence-corrected chi connectivity index (χ4v) is 3.65. The average molecular weight is 366 g/mol. The first-order chi connectivity index (χ1) is 13.1. The number of H-pyrrole nitrogens is 1. The lowest BCUT2D eigenvalue weighted by Gasteiger charge is -2.27. The zero-order valence-electron chi connectivity index (χ0n) is 15.7. The number of rotatable bonds is 4. The summed E-state index contributed by atoms with van der Waals surface area (Å²) in [5.41, 5.74) is 4.01. The van der Waals surface area contributed by atoms with Gasteiger partial charge in [-0.2, -0.15) is 0 Å². The van der Waals surface area contributed by atoms with Crippen molar-refractivity contribution in [3.63, 3.8) is 0 Å². The molecule has 140 valence electrons. The minimum atomic E-state index is -0.0150. The third-order valence-electron chi connectivity index (χ3n) is 5.10. The van der Waals surface area contributed by atoms with E-state index in [9.17, 15) is 4.79 Å². The summed E-state index contributed by atoms with van der Waals surface area (Å²) in [6, 6.07) is 11.3. The molecule has 3 aromatic rings. The number of amides is 1.